The van der Waals surface area contributed by atoms with Crippen molar-refractivity contribution in [3.8, 4) is 0 Å². The Morgan fingerprint density at radius 1 is 1.38 bits per heavy atom. The maximum Gasteiger partial charge on any atom is 0.409 e. The van der Waals surface area contributed by atoms with Gasteiger partial charge in [0.15, 0.2) is 6.29 Å². The Balaban J connectivity index is 2.83. The average molecular weight is 231 g/mol. The van der Waals surface area contributed by atoms with Crippen molar-refractivity contribution in [1.82, 2.24) is 4.57 Å². The topological polar surface area (TPSA) is 22.0 Å². The highest BCUT2D eigenvalue weighted by molar-refractivity contribution is 5.77. The minimum Gasteiger partial charge on any atom is -0.347 e. The molecule has 0 aromatic carbocycles. The van der Waals surface area contributed by atoms with Crippen molar-refractivity contribution in [3.63, 3.8) is 0 Å². The van der Waals surface area contributed by atoms with Crippen LogP contribution < -0.4 is 0 Å². The van der Waals surface area contributed by atoms with Gasteiger partial charge in [-0.25, -0.2) is 0 Å². The van der Waals surface area contributed by atoms with Gasteiger partial charge in [-0.2, -0.15) is 13.2 Å². The van der Waals surface area contributed by atoms with Gasteiger partial charge in [0.25, 0.3) is 0 Å². The second-order valence-electron chi connectivity index (χ2n) is 3.51. The fraction of sp³-hybridized carbons (Fsp3) is 0.364. The van der Waals surface area contributed by atoms with E-state index in [2.05, 4.69) is 0 Å². The lowest BCUT2D eigenvalue weighted by Crippen LogP contribution is -2.03. The Kier molecular flexibility index (Phi) is 3.57. The van der Waals surface area contributed by atoms with Crippen LogP contribution in [0.2, 0.25) is 0 Å². The molecule has 0 bridgehead atoms. The molecule has 0 unspecified atom stereocenters. The third-order valence-electron chi connectivity index (χ3n) is 2.44. The summed E-state index contributed by atoms with van der Waals surface area (Å²) in [6.45, 7) is 3.65. The van der Waals surface area contributed by atoms with E-state index in [0.717, 1.165) is 17.3 Å². The lowest BCUT2D eigenvalue weighted by atomic mass is 10.2. The van der Waals surface area contributed by atoms with Gasteiger partial charge in [-0.1, -0.05) is 6.08 Å². The molecular weight excluding hydrogens is 219 g/mol. The molecule has 0 saturated heterocycles. The molecule has 16 heavy (non-hydrogen) atoms. The summed E-state index contributed by atoms with van der Waals surface area (Å²) in [5, 5.41) is 0. The van der Waals surface area contributed by atoms with Crippen molar-refractivity contribution in [3.05, 3.63) is 35.2 Å². The first kappa shape index (κ1) is 12.5. The van der Waals surface area contributed by atoms with E-state index in [1.165, 1.54) is 0 Å². The van der Waals surface area contributed by atoms with Crippen molar-refractivity contribution in [2.24, 2.45) is 0 Å². The Labute approximate surface area is 91.4 Å². The summed E-state index contributed by atoms with van der Waals surface area (Å²) < 4.78 is 37.2. The predicted molar refractivity (Wildman–Crippen MR) is 54.5 cm³/mol. The summed E-state index contributed by atoms with van der Waals surface area (Å²) in [5.74, 6) is 0. The van der Waals surface area contributed by atoms with Crippen molar-refractivity contribution < 1.29 is 18.0 Å². The number of hydrogen-bond donors (Lipinski definition) is 0. The molecule has 0 aliphatic heterocycles. The third kappa shape index (κ3) is 2.98. The van der Waals surface area contributed by atoms with Crippen molar-refractivity contribution in [1.29, 1.82) is 0 Å². The summed E-state index contributed by atoms with van der Waals surface area (Å²) in [6, 6.07) is 0. The molecule has 0 radical (unpaired) electrons. The van der Waals surface area contributed by atoms with E-state index in [-0.39, 0.29) is 12.6 Å². The maximum atomic E-state index is 11.9. The predicted octanol–water partition coefficient (Wildman–Crippen LogP) is 3.04. The smallest absolute Gasteiger partial charge is 0.347 e. The van der Waals surface area contributed by atoms with Gasteiger partial charge < -0.3 is 4.57 Å². The van der Waals surface area contributed by atoms with Gasteiger partial charge >= 0.3 is 6.18 Å². The molecule has 1 aromatic heterocycles. The normalized spacial score (nSPS) is 12.3. The highest BCUT2D eigenvalue weighted by atomic mass is 19.4. The Bertz CT molecular complexity index is 416. The molecule has 0 atom stereocenters. The fourth-order valence-electron chi connectivity index (χ4n) is 1.39. The van der Waals surface area contributed by atoms with Gasteiger partial charge in [0.05, 0.1) is 0 Å². The van der Waals surface area contributed by atoms with Crippen LogP contribution in [0.5, 0.6) is 0 Å². The minimum atomic E-state index is -4.29. The van der Waals surface area contributed by atoms with Crippen LogP contribution in [0.25, 0.3) is 0 Å². The Morgan fingerprint density at radius 3 is 2.44 bits per heavy atom. The molecule has 5 heteroatoms. The van der Waals surface area contributed by atoms with E-state index in [1.807, 2.05) is 0 Å². The van der Waals surface area contributed by atoms with Crippen molar-refractivity contribution in [2.75, 3.05) is 0 Å². The summed E-state index contributed by atoms with van der Waals surface area (Å²) in [5.41, 5.74) is 2.11. The molecule has 1 rings (SSSR count). The molecule has 1 heterocycles. The molecular formula is C11H12F3NO. The van der Waals surface area contributed by atoms with E-state index in [4.69, 9.17) is 0 Å². The second kappa shape index (κ2) is 4.55. The first-order valence-corrected chi connectivity index (χ1v) is 4.71. The number of halogens is 3. The first-order valence-electron chi connectivity index (χ1n) is 4.71. The van der Waals surface area contributed by atoms with Crippen LogP contribution in [0, 0.1) is 13.8 Å². The summed E-state index contributed by atoms with van der Waals surface area (Å²) >= 11 is 0. The lowest BCUT2D eigenvalue weighted by molar-refractivity contribution is -0.0800. The third-order valence-corrected chi connectivity index (χ3v) is 2.44. The van der Waals surface area contributed by atoms with E-state index in [1.54, 1.807) is 24.6 Å². The quantitative estimate of drug-likeness (QED) is 0.579. The zero-order chi connectivity index (χ0) is 12.3. The van der Waals surface area contributed by atoms with Crippen LogP contribution in [0.15, 0.2) is 18.3 Å². The summed E-state index contributed by atoms with van der Waals surface area (Å²) in [7, 11) is 0. The number of nitrogens with zero attached hydrogens (tertiary/aromatic N) is 1. The number of alkyl halides is 3. The largest absolute Gasteiger partial charge is 0.409 e. The van der Waals surface area contributed by atoms with Crippen LogP contribution in [0.1, 0.15) is 21.6 Å². The van der Waals surface area contributed by atoms with Gasteiger partial charge in [-0.15, -0.1) is 0 Å². The van der Waals surface area contributed by atoms with Crippen LogP contribution in [0.4, 0.5) is 13.2 Å². The lowest BCUT2D eigenvalue weighted by Gasteiger charge is -2.03. The number of aromatic nitrogens is 1. The van der Waals surface area contributed by atoms with E-state index < -0.39 is 6.18 Å². The van der Waals surface area contributed by atoms with Gasteiger partial charge in [0.1, 0.15) is 0 Å². The van der Waals surface area contributed by atoms with Crippen LogP contribution in [-0.4, -0.2) is 17.0 Å². The van der Waals surface area contributed by atoms with E-state index in [9.17, 15) is 18.0 Å². The molecule has 2 nitrogen and oxygen atoms in total. The van der Waals surface area contributed by atoms with Crippen LogP contribution >= 0.6 is 0 Å². The standard InChI is InChI=1S/C11H12F3NO/c1-8-9(2)15(6-10(8)7-16)5-3-4-11(12,13)14/h3-4,6-7H,5H2,1-2H3. The highest BCUT2D eigenvalue weighted by Crippen LogP contribution is 2.17. The number of hydrogen-bond acceptors (Lipinski definition) is 1. The zero-order valence-electron chi connectivity index (χ0n) is 9.01. The number of allylic oxidation sites excluding steroid dienone is 2. The molecule has 0 aliphatic carbocycles. The number of rotatable bonds is 3. The molecule has 0 amide bonds. The molecule has 0 spiro atoms. The fourth-order valence-corrected chi connectivity index (χ4v) is 1.39. The Morgan fingerprint density at radius 2 is 2.00 bits per heavy atom. The van der Waals surface area contributed by atoms with E-state index >= 15 is 0 Å². The summed E-state index contributed by atoms with van der Waals surface area (Å²) in [4.78, 5) is 10.6. The molecule has 88 valence electrons. The van der Waals surface area contributed by atoms with Crippen molar-refractivity contribution >= 4 is 6.29 Å². The Hall–Kier alpha value is -1.52. The first-order chi connectivity index (χ1) is 7.35. The van der Waals surface area contributed by atoms with Crippen LogP contribution in [-0.2, 0) is 6.54 Å². The molecule has 0 aliphatic rings. The van der Waals surface area contributed by atoms with Gasteiger partial charge in [-0.05, 0) is 19.4 Å². The SMILES string of the molecule is Cc1c(C=O)cn(CC=CC(F)(F)F)c1C. The zero-order valence-corrected chi connectivity index (χ0v) is 9.01. The number of carbonyl (C=O) groups is 1. The highest BCUT2D eigenvalue weighted by Gasteiger charge is 2.21. The molecule has 0 fully saturated rings. The minimum absolute atomic E-state index is 0.111. The average Bonchev–Trinajstić information content (AvgIpc) is 2.44. The maximum absolute atomic E-state index is 11.9. The monoisotopic (exact) mass is 231 g/mol. The van der Waals surface area contributed by atoms with Gasteiger partial charge in [0.2, 0.25) is 0 Å². The van der Waals surface area contributed by atoms with E-state index in [0.29, 0.717) is 11.8 Å². The van der Waals surface area contributed by atoms with Gasteiger partial charge in [-0.3, -0.25) is 4.79 Å². The van der Waals surface area contributed by atoms with Crippen LogP contribution in [0.3, 0.4) is 0 Å². The number of aldehydes is 1. The van der Waals surface area contributed by atoms with Gasteiger partial charge in [0, 0.05) is 30.1 Å². The second-order valence-corrected chi connectivity index (χ2v) is 3.51. The molecule has 0 saturated carbocycles. The number of carbonyl (C=O) groups excluding carboxylic acids is 1. The van der Waals surface area contributed by atoms with Crippen molar-refractivity contribution in [2.45, 2.75) is 26.6 Å². The molecule has 0 N–H and O–H groups in total. The molecule has 1 aromatic rings. The summed E-state index contributed by atoms with van der Waals surface area (Å²) in [6.07, 6.45) is -0.808.